The highest BCUT2D eigenvalue weighted by Crippen LogP contribution is 2.21. The van der Waals surface area contributed by atoms with Crippen LogP contribution in [0.5, 0.6) is 0 Å². The van der Waals surface area contributed by atoms with Crippen molar-refractivity contribution in [3.05, 3.63) is 31.0 Å². The highest BCUT2D eigenvalue weighted by molar-refractivity contribution is 5.60. The van der Waals surface area contributed by atoms with Gasteiger partial charge in [-0.15, -0.1) is 0 Å². The van der Waals surface area contributed by atoms with Gasteiger partial charge in [0.15, 0.2) is 5.65 Å². The lowest BCUT2D eigenvalue weighted by atomic mass is 10.3. The van der Waals surface area contributed by atoms with E-state index in [1.54, 1.807) is 4.68 Å². The van der Waals surface area contributed by atoms with Gasteiger partial charge in [0.25, 0.3) is 0 Å². The number of rotatable bonds is 2. The summed E-state index contributed by atoms with van der Waals surface area (Å²) in [6.45, 7) is 4.01. The smallest absolute Gasteiger partial charge is 0.156 e. The molecule has 1 saturated heterocycles. The molecule has 7 nitrogen and oxygen atoms in total. The molecule has 0 bridgehead atoms. The summed E-state index contributed by atoms with van der Waals surface area (Å²) in [6, 6.07) is 0. The van der Waals surface area contributed by atoms with Crippen molar-refractivity contribution in [2.45, 2.75) is 0 Å². The molecule has 3 aromatic rings. The molecule has 0 aliphatic carbocycles. The molecule has 1 aliphatic rings. The first-order valence-corrected chi connectivity index (χ1v) is 7.09. The van der Waals surface area contributed by atoms with Gasteiger partial charge >= 0.3 is 0 Å². The van der Waals surface area contributed by atoms with Crippen LogP contribution in [0.2, 0.25) is 0 Å². The van der Waals surface area contributed by atoms with E-state index < -0.39 is 0 Å². The molecule has 0 spiro atoms. The number of aromatic nitrogens is 5. The van der Waals surface area contributed by atoms with Crippen LogP contribution in [0.1, 0.15) is 0 Å². The van der Waals surface area contributed by atoms with Crippen LogP contribution in [0.3, 0.4) is 0 Å². The summed E-state index contributed by atoms with van der Waals surface area (Å²) in [5, 5.41) is 7.58. The van der Waals surface area contributed by atoms with Gasteiger partial charge in [0, 0.05) is 51.2 Å². The number of nitrogens with zero attached hydrogens (tertiary/aromatic N) is 6. The van der Waals surface area contributed by atoms with Gasteiger partial charge in [0.2, 0.25) is 0 Å². The fourth-order valence-corrected chi connectivity index (χ4v) is 2.71. The number of nitrogens with one attached hydrogen (secondary N) is 1. The zero-order chi connectivity index (χ0) is 14.2. The molecule has 0 aromatic carbocycles. The Balaban J connectivity index is 1.78. The van der Waals surface area contributed by atoms with Crippen molar-refractivity contribution in [3.8, 4) is 11.3 Å². The maximum Gasteiger partial charge on any atom is 0.156 e. The molecule has 0 saturated carbocycles. The third-order valence-electron chi connectivity index (χ3n) is 3.82. The van der Waals surface area contributed by atoms with Gasteiger partial charge in [0.1, 0.15) is 5.82 Å². The summed E-state index contributed by atoms with van der Waals surface area (Å²) in [4.78, 5) is 11.3. The first kappa shape index (κ1) is 12.3. The Morgan fingerprint density at radius 1 is 1.05 bits per heavy atom. The van der Waals surface area contributed by atoms with Crippen molar-refractivity contribution in [1.82, 2.24) is 29.5 Å². The lowest BCUT2D eigenvalue weighted by Crippen LogP contribution is -2.44. The Morgan fingerprint density at radius 3 is 2.67 bits per heavy atom. The average molecular weight is 283 g/mol. The van der Waals surface area contributed by atoms with Crippen LogP contribution < -0.4 is 10.2 Å². The Kier molecular flexibility index (Phi) is 2.85. The SMILES string of the molecule is Cn1cc(-c2cn3c(N4CCNCC4)cnc3cn2)cn1. The Morgan fingerprint density at radius 2 is 1.90 bits per heavy atom. The Bertz CT molecular complexity index is 767. The molecule has 1 N–H and O–H groups in total. The standard InChI is InChI=1S/C14H17N7/c1-19-9-11(6-18-19)12-10-21-13(7-16-12)17-8-14(21)20-4-2-15-3-5-20/h6-10,15H,2-5H2,1H3. The van der Waals surface area contributed by atoms with E-state index in [1.165, 1.54) is 0 Å². The highest BCUT2D eigenvalue weighted by atomic mass is 15.3. The van der Waals surface area contributed by atoms with E-state index in [4.69, 9.17) is 0 Å². The lowest BCUT2D eigenvalue weighted by Gasteiger charge is -2.28. The second-order valence-electron chi connectivity index (χ2n) is 5.26. The summed E-state index contributed by atoms with van der Waals surface area (Å²) in [7, 11) is 1.91. The quantitative estimate of drug-likeness (QED) is 0.744. The van der Waals surface area contributed by atoms with Crippen molar-refractivity contribution in [3.63, 3.8) is 0 Å². The van der Waals surface area contributed by atoms with E-state index in [2.05, 4.69) is 29.7 Å². The van der Waals surface area contributed by atoms with E-state index >= 15 is 0 Å². The molecule has 21 heavy (non-hydrogen) atoms. The van der Waals surface area contributed by atoms with Crippen LogP contribution in [0.4, 0.5) is 5.82 Å². The number of aryl methyl sites for hydroxylation is 1. The van der Waals surface area contributed by atoms with Crippen LogP contribution in [0.15, 0.2) is 31.0 Å². The van der Waals surface area contributed by atoms with Gasteiger partial charge in [-0.25, -0.2) is 4.98 Å². The van der Waals surface area contributed by atoms with E-state index in [0.717, 1.165) is 48.9 Å². The Hall–Kier alpha value is -2.41. The van der Waals surface area contributed by atoms with Crippen LogP contribution in [-0.4, -0.2) is 50.3 Å². The number of piperazine rings is 1. The van der Waals surface area contributed by atoms with Gasteiger partial charge < -0.3 is 10.2 Å². The molecular weight excluding hydrogens is 266 g/mol. The van der Waals surface area contributed by atoms with Crippen molar-refractivity contribution >= 4 is 11.5 Å². The normalized spacial score (nSPS) is 15.8. The predicted molar refractivity (Wildman–Crippen MR) is 80.3 cm³/mol. The third kappa shape index (κ3) is 2.15. The molecule has 4 rings (SSSR count). The Labute approximate surface area is 122 Å². The lowest BCUT2D eigenvalue weighted by molar-refractivity contribution is 0.584. The molecule has 1 aliphatic heterocycles. The monoisotopic (exact) mass is 283 g/mol. The second-order valence-corrected chi connectivity index (χ2v) is 5.26. The van der Waals surface area contributed by atoms with Crippen LogP contribution in [0.25, 0.3) is 16.9 Å². The summed E-state index contributed by atoms with van der Waals surface area (Å²) in [6.07, 6.45) is 9.57. The van der Waals surface area contributed by atoms with E-state index in [0.29, 0.717) is 0 Å². The second kappa shape index (κ2) is 4.85. The van der Waals surface area contributed by atoms with Gasteiger partial charge in [-0.3, -0.25) is 14.1 Å². The molecule has 0 atom stereocenters. The number of imidazole rings is 1. The van der Waals surface area contributed by atoms with Gasteiger partial charge in [-0.1, -0.05) is 0 Å². The molecule has 0 amide bonds. The zero-order valence-electron chi connectivity index (χ0n) is 11.9. The zero-order valence-corrected chi connectivity index (χ0v) is 11.9. The van der Waals surface area contributed by atoms with Crippen LogP contribution in [-0.2, 0) is 7.05 Å². The number of hydrogen-bond acceptors (Lipinski definition) is 5. The fourth-order valence-electron chi connectivity index (χ4n) is 2.71. The van der Waals surface area contributed by atoms with Crippen LogP contribution in [0, 0.1) is 0 Å². The summed E-state index contributed by atoms with van der Waals surface area (Å²) < 4.78 is 3.90. The van der Waals surface area contributed by atoms with E-state index in [-0.39, 0.29) is 0 Å². The maximum atomic E-state index is 4.48. The minimum atomic E-state index is 0.871. The van der Waals surface area contributed by atoms with Crippen molar-refractivity contribution in [2.24, 2.45) is 7.05 Å². The topological polar surface area (TPSA) is 63.3 Å². The third-order valence-corrected chi connectivity index (χ3v) is 3.82. The fraction of sp³-hybridized carbons (Fsp3) is 0.357. The summed E-state index contributed by atoms with van der Waals surface area (Å²) in [5.41, 5.74) is 2.79. The summed E-state index contributed by atoms with van der Waals surface area (Å²) >= 11 is 0. The highest BCUT2D eigenvalue weighted by Gasteiger charge is 2.15. The molecule has 1 fully saturated rings. The average Bonchev–Trinajstić information content (AvgIpc) is 3.13. The van der Waals surface area contributed by atoms with E-state index in [9.17, 15) is 0 Å². The first-order chi connectivity index (χ1) is 10.3. The van der Waals surface area contributed by atoms with E-state index in [1.807, 2.05) is 38.0 Å². The molecular formula is C14H17N7. The summed E-state index contributed by atoms with van der Waals surface area (Å²) in [5.74, 6) is 1.12. The number of hydrogen-bond donors (Lipinski definition) is 1. The number of fused-ring (bicyclic) bond motifs is 1. The predicted octanol–water partition coefficient (Wildman–Crippen LogP) is 0.539. The van der Waals surface area contributed by atoms with Crippen LogP contribution >= 0.6 is 0 Å². The molecule has 4 heterocycles. The van der Waals surface area contributed by atoms with Crippen molar-refractivity contribution in [1.29, 1.82) is 0 Å². The number of anilines is 1. The molecule has 0 radical (unpaired) electrons. The molecule has 3 aromatic heterocycles. The molecule has 7 heteroatoms. The first-order valence-electron chi connectivity index (χ1n) is 7.09. The minimum absolute atomic E-state index is 0.871. The van der Waals surface area contributed by atoms with Crippen molar-refractivity contribution in [2.75, 3.05) is 31.1 Å². The maximum absolute atomic E-state index is 4.48. The molecule has 108 valence electrons. The van der Waals surface area contributed by atoms with Crippen molar-refractivity contribution < 1.29 is 0 Å². The van der Waals surface area contributed by atoms with Gasteiger partial charge in [-0.2, -0.15) is 5.10 Å². The minimum Gasteiger partial charge on any atom is -0.354 e. The van der Waals surface area contributed by atoms with Gasteiger partial charge in [-0.05, 0) is 0 Å². The molecule has 0 unspecified atom stereocenters. The largest absolute Gasteiger partial charge is 0.354 e. The van der Waals surface area contributed by atoms with Gasteiger partial charge in [0.05, 0.1) is 24.3 Å².